The topological polar surface area (TPSA) is 110 Å². The van der Waals surface area contributed by atoms with Gasteiger partial charge in [-0.25, -0.2) is 0 Å². The van der Waals surface area contributed by atoms with Gasteiger partial charge in [-0.3, -0.25) is 19.4 Å². The molecule has 3 fully saturated rings. The molecule has 2 aromatic carbocycles. The number of piperidine rings is 1. The molecule has 280 valence electrons. The van der Waals surface area contributed by atoms with Crippen molar-refractivity contribution in [1.29, 1.82) is 10.5 Å². The van der Waals surface area contributed by atoms with Crippen molar-refractivity contribution in [2.45, 2.75) is 122 Å². The smallest absolute Gasteiger partial charge is 0.417 e. The number of thiocarbonyl (C=S) groups is 1. The van der Waals surface area contributed by atoms with E-state index in [1.807, 2.05) is 35.2 Å². The van der Waals surface area contributed by atoms with Crippen LogP contribution in [-0.4, -0.2) is 69.7 Å². The number of hydrogen-bond donors (Lipinski definition) is 0. The van der Waals surface area contributed by atoms with Gasteiger partial charge in [-0.05, 0) is 115 Å². The molecule has 52 heavy (non-hydrogen) atoms. The molecule has 0 N–H and O–H groups in total. The molecule has 3 aliphatic rings. The van der Waals surface area contributed by atoms with Crippen molar-refractivity contribution >= 4 is 34.9 Å². The molecule has 0 spiro atoms. The number of anilines is 1. The Morgan fingerprint density at radius 2 is 1.63 bits per heavy atom. The van der Waals surface area contributed by atoms with Crippen LogP contribution in [0.4, 0.5) is 18.9 Å². The Balaban J connectivity index is 0.00000195. The van der Waals surface area contributed by atoms with E-state index in [9.17, 15) is 28.0 Å². The SMILES string of the molecule is CC#N.CC1CC(CCOC2CCC(N3C(=S)N(c4ccc(C#N)c(C(F)(F)F)c4)C(=O)C3(C)C)CC2)CC(C)N1CC(=O)OCc1ccccc1. The molecule has 0 radical (unpaired) electrons. The van der Waals surface area contributed by atoms with Gasteiger partial charge >= 0.3 is 12.1 Å². The highest BCUT2D eigenvalue weighted by Gasteiger charge is 2.52. The Labute approximate surface area is 310 Å². The number of ether oxygens (including phenoxy) is 2. The average Bonchev–Trinajstić information content (AvgIpc) is 3.28. The van der Waals surface area contributed by atoms with Crippen LogP contribution in [-0.2, 0) is 31.8 Å². The summed E-state index contributed by atoms with van der Waals surface area (Å²) < 4.78 is 52.9. The molecule has 0 aromatic heterocycles. The minimum atomic E-state index is -4.74. The molecule has 2 aromatic rings. The Hall–Kier alpha value is -4.04. The highest BCUT2D eigenvalue weighted by molar-refractivity contribution is 7.80. The molecule has 1 aliphatic carbocycles. The number of esters is 1. The number of rotatable bonds is 10. The predicted molar refractivity (Wildman–Crippen MR) is 195 cm³/mol. The third-order valence-electron chi connectivity index (χ3n) is 10.3. The predicted octanol–water partition coefficient (Wildman–Crippen LogP) is 7.77. The third kappa shape index (κ3) is 9.68. The van der Waals surface area contributed by atoms with Crippen LogP contribution in [0, 0.1) is 28.6 Å². The van der Waals surface area contributed by atoms with Crippen molar-refractivity contribution in [1.82, 2.24) is 9.80 Å². The molecule has 2 atom stereocenters. The fourth-order valence-electron chi connectivity index (χ4n) is 7.77. The average molecular weight is 740 g/mol. The van der Waals surface area contributed by atoms with Gasteiger partial charge in [-0.1, -0.05) is 30.3 Å². The molecule has 2 heterocycles. The molecule has 2 aliphatic heterocycles. The maximum Gasteiger partial charge on any atom is 0.417 e. The molecule has 2 unspecified atom stereocenters. The summed E-state index contributed by atoms with van der Waals surface area (Å²) in [6.45, 7) is 10.5. The number of hydrogen-bond acceptors (Lipinski definition) is 8. The summed E-state index contributed by atoms with van der Waals surface area (Å²) >= 11 is 5.73. The van der Waals surface area contributed by atoms with Gasteiger partial charge in [0, 0.05) is 31.7 Å². The zero-order chi connectivity index (χ0) is 38.2. The third-order valence-corrected chi connectivity index (χ3v) is 10.7. The second-order valence-corrected chi connectivity index (χ2v) is 14.7. The van der Waals surface area contributed by atoms with Crippen LogP contribution in [0.5, 0.6) is 0 Å². The highest BCUT2D eigenvalue weighted by atomic mass is 32.1. The molecule has 1 amide bonds. The number of nitriles is 2. The van der Waals surface area contributed by atoms with Crippen molar-refractivity contribution in [2.24, 2.45) is 5.92 Å². The van der Waals surface area contributed by atoms with Crippen LogP contribution in [0.25, 0.3) is 0 Å². The first-order valence-corrected chi connectivity index (χ1v) is 18.2. The van der Waals surface area contributed by atoms with Crippen molar-refractivity contribution < 1.29 is 32.2 Å². The normalized spacial score (nSPS) is 24.8. The largest absolute Gasteiger partial charge is 0.460 e. The first-order valence-electron chi connectivity index (χ1n) is 17.8. The lowest BCUT2D eigenvalue weighted by Crippen LogP contribution is -2.51. The molecular weight excluding hydrogens is 692 g/mol. The minimum Gasteiger partial charge on any atom is -0.460 e. The van der Waals surface area contributed by atoms with Crippen LogP contribution in [0.15, 0.2) is 48.5 Å². The summed E-state index contributed by atoms with van der Waals surface area (Å²) in [4.78, 5) is 31.4. The van der Waals surface area contributed by atoms with E-state index in [0.717, 1.165) is 62.6 Å². The molecule has 13 heteroatoms. The summed E-state index contributed by atoms with van der Waals surface area (Å²) in [7, 11) is 0. The zero-order valence-corrected chi connectivity index (χ0v) is 31.3. The fourth-order valence-corrected chi connectivity index (χ4v) is 8.34. The zero-order valence-electron chi connectivity index (χ0n) is 30.5. The van der Waals surface area contributed by atoms with Crippen molar-refractivity contribution in [2.75, 3.05) is 18.1 Å². The van der Waals surface area contributed by atoms with Crippen LogP contribution in [0.3, 0.4) is 0 Å². The van der Waals surface area contributed by atoms with Gasteiger partial charge in [-0.2, -0.15) is 23.7 Å². The maximum atomic E-state index is 13.7. The van der Waals surface area contributed by atoms with Gasteiger partial charge in [-0.15, -0.1) is 0 Å². The van der Waals surface area contributed by atoms with E-state index in [4.69, 9.17) is 27.0 Å². The summed E-state index contributed by atoms with van der Waals surface area (Å²) in [6, 6.07) is 16.7. The number of amides is 1. The molecule has 1 saturated carbocycles. The number of halogens is 3. The van der Waals surface area contributed by atoms with Crippen LogP contribution in [0.1, 0.15) is 96.3 Å². The van der Waals surface area contributed by atoms with E-state index >= 15 is 0 Å². The first kappa shape index (κ1) is 40.7. The second-order valence-electron chi connectivity index (χ2n) is 14.4. The van der Waals surface area contributed by atoms with E-state index in [1.54, 1.807) is 26.0 Å². The fraction of sp³-hybridized carbons (Fsp3) is 0.564. The van der Waals surface area contributed by atoms with Gasteiger partial charge in [0.15, 0.2) is 5.11 Å². The minimum absolute atomic E-state index is 0.00591. The van der Waals surface area contributed by atoms with E-state index in [0.29, 0.717) is 12.5 Å². The second kappa shape index (κ2) is 17.7. The van der Waals surface area contributed by atoms with Crippen LogP contribution < -0.4 is 4.90 Å². The van der Waals surface area contributed by atoms with Gasteiger partial charge in [0.2, 0.25) is 0 Å². The van der Waals surface area contributed by atoms with Crippen molar-refractivity contribution in [3.05, 3.63) is 65.2 Å². The van der Waals surface area contributed by atoms with E-state index in [-0.39, 0.29) is 54.2 Å². The van der Waals surface area contributed by atoms with Gasteiger partial charge in [0.1, 0.15) is 12.1 Å². The molecular formula is C39H48F3N5O4S. The summed E-state index contributed by atoms with van der Waals surface area (Å²) in [5.74, 6) is -0.106. The number of nitrogens with zero attached hydrogens (tertiary/aromatic N) is 5. The van der Waals surface area contributed by atoms with Gasteiger partial charge in [0.25, 0.3) is 5.91 Å². The van der Waals surface area contributed by atoms with Crippen molar-refractivity contribution in [3.8, 4) is 12.1 Å². The number of benzene rings is 2. The van der Waals surface area contributed by atoms with Gasteiger partial charge in [0.05, 0.1) is 41.6 Å². The summed E-state index contributed by atoms with van der Waals surface area (Å²) in [5, 5.41) is 16.7. The van der Waals surface area contributed by atoms with E-state index in [2.05, 4.69) is 18.7 Å². The van der Waals surface area contributed by atoms with Crippen LogP contribution >= 0.6 is 12.2 Å². The van der Waals surface area contributed by atoms with Crippen molar-refractivity contribution in [3.63, 3.8) is 0 Å². The van der Waals surface area contributed by atoms with E-state index in [1.165, 1.54) is 17.9 Å². The molecule has 0 bridgehead atoms. The lowest BCUT2D eigenvalue weighted by atomic mass is 9.85. The number of carbonyl (C=O) groups is 2. The number of alkyl halides is 3. The molecule has 5 rings (SSSR count). The number of likely N-dealkylation sites (tertiary alicyclic amines) is 1. The molecule has 2 saturated heterocycles. The highest BCUT2D eigenvalue weighted by Crippen LogP contribution is 2.41. The molecule has 9 nitrogen and oxygen atoms in total. The standard InChI is InChI=1S/C37H45F3N4O4S.C2H3N/c1-24-18-27(19-25(2)42(24)22-33(45)48-23-26-8-6-5-7-9-26)16-17-47-31-14-12-29(13-15-31)44-35(49)43(34(46)36(44,3)4)30-11-10-28(21-41)32(20-30)37(38,39)40;1-2-3/h5-11,20,24-25,27,29,31H,12-19,22-23H2,1-4H3;1H3. The van der Waals surface area contributed by atoms with Crippen LogP contribution in [0.2, 0.25) is 0 Å². The number of carbonyl (C=O) groups excluding carboxylic acids is 2. The Bertz CT molecular complexity index is 1640. The first-order chi connectivity index (χ1) is 24.6. The Morgan fingerprint density at radius 1 is 1.02 bits per heavy atom. The summed E-state index contributed by atoms with van der Waals surface area (Å²) in [6.07, 6.45) is 1.32. The maximum absolute atomic E-state index is 13.7. The van der Waals surface area contributed by atoms with E-state index < -0.39 is 28.7 Å². The lowest BCUT2D eigenvalue weighted by molar-refractivity contribution is -0.148. The lowest BCUT2D eigenvalue weighted by Gasteiger charge is -2.42. The monoisotopic (exact) mass is 739 g/mol. The quantitative estimate of drug-likeness (QED) is 0.178. The Kier molecular flexibility index (Phi) is 13.8. The Morgan fingerprint density at radius 3 is 2.21 bits per heavy atom. The van der Waals surface area contributed by atoms with Gasteiger partial charge < -0.3 is 14.4 Å². The summed E-state index contributed by atoms with van der Waals surface area (Å²) in [5.41, 5.74) is -1.66.